The minimum absolute atomic E-state index is 0.00109. The lowest BCUT2D eigenvalue weighted by molar-refractivity contribution is -0.149. The first-order valence-corrected chi connectivity index (χ1v) is 12.5. The second kappa shape index (κ2) is 11.3. The van der Waals surface area contributed by atoms with Crippen LogP contribution in [0.4, 0.5) is 4.79 Å². The number of amides is 3. The number of piperazine rings is 1. The first kappa shape index (κ1) is 24.6. The van der Waals surface area contributed by atoms with Gasteiger partial charge in [0.2, 0.25) is 11.8 Å². The van der Waals surface area contributed by atoms with Gasteiger partial charge in [-0.15, -0.1) is 0 Å². The molecule has 0 saturated carbocycles. The van der Waals surface area contributed by atoms with Crippen molar-refractivity contribution in [3.63, 3.8) is 0 Å². The maximum atomic E-state index is 12.3. The van der Waals surface area contributed by atoms with Gasteiger partial charge >= 0.3 is 12.1 Å². The number of nitrogens with zero attached hydrogens (tertiary/aromatic N) is 2. The summed E-state index contributed by atoms with van der Waals surface area (Å²) in [5, 5.41) is 11.5. The van der Waals surface area contributed by atoms with Crippen molar-refractivity contribution in [3.05, 3.63) is 59.7 Å². The maximum absolute atomic E-state index is 12.3. The molecular weight excluding hydrogens is 470 g/mol. The van der Waals surface area contributed by atoms with Crippen molar-refractivity contribution in [1.82, 2.24) is 15.1 Å². The van der Waals surface area contributed by atoms with Crippen LogP contribution in [0.3, 0.4) is 0 Å². The molecule has 35 heavy (non-hydrogen) atoms. The highest BCUT2D eigenvalue weighted by Crippen LogP contribution is 2.44. The van der Waals surface area contributed by atoms with Crippen molar-refractivity contribution >= 4 is 35.6 Å². The fourth-order valence-electron chi connectivity index (χ4n) is 4.38. The number of hydrogen-bond donors (Lipinski definition) is 2. The van der Waals surface area contributed by atoms with Crippen LogP contribution >= 0.6 is 11.8 Å². The van der Waals surface area contributed by atoms with Crippen molar-refractivity contribution in [3.8, 4) is 11.1 Å². The van der Waals surface area contributed by atoms with Crippen molar-refractivity contribution in [2.24, 2.45) is 0 Å². The van der Waals surface area contributed by atoms with Gasteiger partial charge in [-0.2, -0.15) is 11.8 Å². The molecule has 1 aliphatic heterocycles. The molecule has 1 saturated heterocycles. The van der Waals surface area contributed by atoms with E-state index in [0.717, 1.165) is 11.1 Å². The van der Waals surface area contributed by atoms with Crippen LogP contribution in [0.1, 0.15) is 17.0 Å². The SMILES string of the molecule is O=C(O)CN1CCN(C(=O)CSCCNC(=O)OCC2c3ccccc3-c3ccccc32)CC1=O. The van der Waals surface area contributed by atoms with Crippen LogP contribution in [0, 0.1) is 0 Å². The lowest BCUT2D eigenvalue weighted by atomic mass is 9.98. The number of carbonyl (C=O) groups excluding carboxylic acids is 3. The first-order valence-electron chi connectivity index (χ1n) is 11.4. The summed E-state index contributed by atoms with van der Waals surface area (Å²) in [7, 11) is 0. The predicted molar refractivity (Wildman–Crippen MR) is 131 cm³/mol. The average Bonchev–Trinajstić information content (AvgIpc) is 3.17. The smallest absolute Gasteiger partial charge is 0.407 e. The van der Waals surface area contributed by atoms with E-state index < -0.39 is 12.1 Å². The quantitative estimate of drug-likeness (QED) is 0.509. The number of alkyl carbamates (subject to hydrolysis) is 1. The molecule has 0 bridgehead atoms. The Morgan fingerprint density at radius 1 is 1.03 bits per heavy atom. The molecule has 0 unspecified atom stereocenters. The first-order chi connectivity index (χ1) is 16.9. The summed E-state index contributed by atoms with van der Waals surface area (Å²) in [4.78, 5) is 50.0. The number of rotatable bonds is 9. The van der Waals surface area contributed by atoms with Gasteiger partial charge < -0.3 is 25.0 Å². The molecule has 2 aromatic carbocycles. The lowest BCUT2D eigenvalue weighted by Crippen LogP contribution is -2.53. The summed E-state index contributed by atoms with van der Waals surface area (Å²) in [6.07, 6.45) is -0.501. The summed E-state index contributed by atoms with van der Waals surface area (Å²) >= 11 is 1.35. The third-order valence-electron chi connectivity index (χ3n) is 6.08. The van der Waals surface area contributed by atoms with Crippen LogP contribution in [0.25, 0.3) is 11.1 Å². The van der Waals surface area contributed by atoms with Gasteiger partial charge in [-0.05, 0) is 22.3 Å². The van der Waals surface area contributed by atoms with Crippen molar-refractivity contribution < 1.29 is 29.0 Å². The second-order valence-corrected chi connectivity index (χ2v) is 9.43. The Morgan fingerprint density at radius 2 is 1.69 bits per heavy atom. The number of carboxylic acids is 1. The molecule has 9 nitrogen and oxygen atoms in total. The van der Waals surface area contributed by atoms with Crippen LogP contribution in [-0.2, 0) is 19.1 Å². The molecule has 0 radical (unpaired) electrons. The third-order valence-corrected chi connectivity index (χ3v) is 7.03. The molecule has 0 aromatic heterocycles. The average molecular weight is 498 g/mol. The topological polar surface area (TPSA) is 116 Å². The van der Waals surface area contributed by atoms with E-state index in [1.165, 1.54) is 32.7 Å². The van der Waals surface area contributed by atoms with Gasteiger partial charge in [0.05, 0.1) is 12.3 Å². The minimum atomic E-state index is -1.07. The number of aliphatic carboxylic acids is 1. The van der Waals surface area contributed by atoms with Crippen LogP contribution in [0.5, 0.6) is 0 Å². The molecule has 2 N–H and O–H groups in total. The predicted octanol–water partition coefficient (Wildman–Crippen LogP) is 2.01. The molecule has 2 aliphatic rings. The number of benzene rings is 2. The molecule has 4 rings (SSSR count). The molecule has 1 heterocycles. The molecule has 3 amide bonds. The Kier molecular flexibility index (Phi) is 7.91. The Labute approximate surface area is 207 Å². The fourth-order valence-corrected chi connectivity index (χ4v) is 5.13. The van der Waals surface area contributed by atoms with E-state index in [1.807, 2.05) is 24.3 Å². The van der Waals surface area contributed by atoms with Gasteiger partial charge in [0, 0.05) is 31.3 Å². The Bertz CT molecular complexity index is 1080. The normalized spacial score (nSPS) is 14.9. The zero-order chi connectivity index (χ0) is 24.8. The van der Waals surface area contributed by atoms with Gasteiger partial charge in [-0.3, -0.25) is 14.4 Å². The van der Waals surface area contributed by atoms with E-state index in [4.69, 9.17) is 9.84 Å². The van der Waals surface area contributed by atoms with Crippen molar-refractivity contribution in [2.45, 2.75) is 5.92 Å². The number of carbonyl (C=O) groups is 4. The van der Waals surface area contributed by atoms with Crippen LogP contribution in [0.15, 0.2) is 48.5 Å². The van der Waals surface area contributed by atoms with E-state index >= 15 is 0 Å². The number of carboxylic acid groups (broad SMARTS) is 1. The van der Waals surface area contributed by atoms with Crippen molar-refractivity contribution in [1.29, 1.82) is 0 Å². The summed E-state index contributed by atoms with van der Waals surface area (Å²) in [6, 6.07) is 16.3. The summed E-state index contributed by atoms with van der Waals surface area (Å²) in [5.41, 5.74) is 4.64. The highest BCUT2D eigenvalue weighted by molar-refractivity contribution is 7.99. The van der Waals surface area contributed by atoms with E-state index in [0.29, 0.717) is 18.8 Å². The zero-order valence-electron chi connectivity index (χ0n) is 19.1. The number of ether oxygens (including phenoxy) is 1. The van der Waals surface area contributed by atoms with Gasteiger partial charge in [0.15, 0.2) is 0 Å². The molecule has 2 aromatic rings. The number of fused-ring (bicyclic) bond motifs is 3. The Hall–Kier alpha value is -3.53. The van der Waals surface area contributed by atoms with Crippen LogP contribution < -0.4 is 5.32 Å². The van der Waals surface area contributed by atoms with Crippen molar-refractivity contribution in [2.75, 3.05) is 50.8 Å². The van der Waals surface area contributed by atoms with Gasteiger partial charge in [-0.25, -0.2) is 4.79 Å². The van der Waals surface area contributed by atoms with E-state index in [1.54, 1.807) is 0 Å². The largest absolute Gasteiger partial charge is 0.480 e. The summed E-state index contributed by atoms with van der Waals surface area (Å²) in [6.45, 7) is 0.663. The summed E-state index contributed by atoms with van der Waals surface area (Å²) < 4.78 is 5.49. The summed E-state index contributed by atoms with van der Waals surface area (Å²) in [5.74, 6) is -0.925. The third kappa shape index (κ3) is 5.94. The second-order valence-electron chi connectivity index (χ2n) is 8.33. The highest BCUT2D eigenvalue weighted by atomic mass is 32.2. The maximum Gasteiger partial charge on any atom is 0.407 e. The highest BCUT2D eigenvalue weighted by Gasteiger charge is 2.29. The molecule has 1 fully saturated rings. The number of thioether (sulfide) groups is 1. The minimum Gasteiger partial charge on any atom is -0.480 e. The number of nitrogens with one attached hydrogen (secondary N) is 1. The fraction of sp³-hybridized carbons (Fsp3) is 0.360. The molecule has 184 valence electrons. The van der Waals surface area contributed by atoms with Gasteiger partial charge in [0.25, 0.3) is 0 Å². The molecular formula is C25H27N3O6S. The molecule has 0 spiro atoms. The lowest BCUT2D eigenvalue weighted by Gasteiger charge is -2.33. The van der Waals surface area contributed by atoms with E-state index in [-0.39, 0.29) is 49.7 Å². The Balaban J connectivity index is 1.15. The standard InChI is InChI=1S/C25H27N3O6S/c29-22-13-27(10-11-28(22)14-24(31)32)23(30)16-35-12-9-26-25(33)34-15-21-19-7-3-1-5-17(19)18-6-2-4-8-20(18)21/h1-8,21H,9-16H2,(H,26,33)(H,31,32). The van der Waals surface area contributed by atoms with E-state index in [2.05, 4.69) is 29.6 Å². The van der Waals surface area contributed by atoms with Crippen LogP contribution in [0.2, 0.25) is 0 Å². The zero-order valence-corrected chi connectivity index (χ0v) is 20.0. The molecule has 1 aliphatic carbocycles. The van der Waals surface area contributed by atoms with Gasteiger partial charge in [-0.1, -0.05) is 48.5 Å². The molecule has 0 atom stereocenters. The molecule has 10 heteroatoms. The Morgan fingerprint density at radius 3 is 2.31 bits per heavy atom. The monoisotopic (exact) mass is 497 g/mol. The number of hydrogen-bond acceptors (Lipinski definition) is 6. The van der Waals surface area contributed by atoms with E-state index in [9.17, 15) is 19.2 Å². The van der Waals surface area contributed by atoms with Crippen LogP contribution in [-0.4, -0.2) is 89.6 Å². The van der Waals surface area contributed by atoms with Gasteiger partial charge in [0.1, 0.15) is 13.2 Å².